The Morgan fingerprint density at radius 3 is 2.38 bits per heavy atom. The molecule has 0 radical (unpaired) electrons. The number of likely N-dealkylation sites (tertiary alicyclic amines) is 1. The summed E-state index contributed by atoms with van der Waals surface area (Å²) in [5.74, 6) is 2.80. The van der Waals surface area contributed by atoms with E-state index in [0.717, 1.165) is 42.2 Å². The lowest BCUT2D eigenvalue weighted by Gasteiger charge is -2.47. The Hall–Kier alpha value is -1.54. The van der Waals surface area contributed by atoms with Crippen LogP contribution in [0.3, 0.4) is 0 Å². The molecule has 2 bridgehead atoms. The Labute approximate surface area is 178 Å². The number of hydrogen-bond donors (Lipinski definition) is 1. The molecule has 0 amide bonds. The summed E-state index contributed by atoms with van der Waals surface area (Å²) in [4.78, 5) is 2.51. The normalized spacial score (nSPS) is 34.7. The maximum Gasteiger partial charge on any atom is 0.0385 e. The summed E-state index contributed by atoms with van der Waals surface area (Å²) < 4.78 is 0. The van der Waals surface area contributed by atoms with Crippen molar-refractivity contribution in [2.75, 3.05) is 18.4 Å². The van der Waals surface area contributed by atoms with Crippen LogP contribution in [-0.2, 0) is 5.41 Å². The molecule has 2 aliphatic carbocycles. The van der Waals surface area contributed by atoms with Gasteiger partial charge in [-0.2, -0.15) is 0 Å². The van der Waals surface area contributed by atoms with Crippen molar-refractivity contribution in [1.82, 2.24) is 4.90 Å². The number of benzene rings is 1. The van der Waals surface area contributed by atoms with E-state index < -0.39 is 0 Å². The van der Waals surface area contributed by atoms with E-state index in [2.05, 4.69) is 68.4 Å². The Balaban J connectivity index is 1.37. The lowest BCUT2D eigenvalue weighted by atomic mass is 9.57. The third kappa shape index (κ3) is 4.63. The van der Waals surface area contributed by atoms with Crippen LogP contribution >= 0.6 is 0 Å². The zero-order chi connectivity index (χ0) is 20.6. The van der Waals surface area contributed by atoms with Crippen LogP contribution in [0.4, 0.5) is 5.69 Å². The first-order valence-electron chi connectivity index (χ1n) is 11.8. The van der Waals surface area contributed by atoms with Crippen molar-refractivity contribution < 1.29 is 0 Å². The van der Waals surface area contributed by atoms with E-state index >= 15 is 0 Å². The summed E-state index contributed by atoms with van der Waals surface area (Å²) in [5.41, 5.74) is 5.41. The second kappa shape index (κ2) is 8.30. The van der Waals surface area contributed by atoms with Crippen LogP contribution in [0.15, 0.2) is 48.7 Å². The van der Waals surface area contributed by atoms with Crippen molar-refractivity contribution in [2.45, 2.75) is 77.2 Å². The van der Waals surface area contributed by atoms with Crippen LogP contribution in [0.2, 0.25) is 0 Å². The molecule has 3 aliphatic rings. The predicted molar refractivity (Wildman–Crippen MR) is 125 cm³/mol. The number of fused-ring (bicyclic) bond motifs is 2. The van der Waals surface area contributed by atoms with E-state index in [4.69, 9.17) is 0 Å². The van der Waals surface area contributed by atoms with Crippen molar-refractivity contribution in [2.24, 2.45) is 17.8 Å². The first-order chi connectivity index (χ1) is 13.8. The average molecular weight is 393 g/mol. The largest absolute Gasteiger partial charge is 0.358 e. The van der Waals surface area contributed by atoms with Crippen LogP contribution < -0.4 is 5.32 Å². The van der Waals surface area contributed by atoms with Crippen molar-refractivity contribution in [3.63, 3.8) is 0 Å². The van der Waals surface area contributed by atoms with Gasteiger partial charge in [0, 0.05) is 24.0 Å². The van der Waals surface area contributed by atoms with Crippen molar-refractivity contribution in [3.05, 3.63) is 54.3 Å². The van der Waals surface area contributed by atoms with Crippen molar-refractivity contribution >= 4 is 5.69 Å². The molecule has 3 fully saturated rings. The molecule has 1 N–H and O–H groups in total. The molecule has 1 saturated heterocycles. The van der Waals surface area contributed by atoms with E-state index in [1.54, 1.807) is 0 Å². The summed E-state index contributed by atoms with van der Waals surface area (Å²) in [6.45, 7) is 17.6. The standard InChI is InChI=1S/C27H40N2/c1-19(2)26-7-6-12-29(26)18-21(4)28-25-10-8-24(9-11-25)27(5)16-22-13-20(3)14-23(15-22)17-27/h8-11,20,22-23,26,28H,1,4,6-7,12-18H2,2-3,5H3. The van der Waals surface area contributed by atoms with E-state index in [1.165, 1.54) is 56.1 Å². The van der Waals surface area contributed by atoms with Crippen LogP contribution in [0.25, 0.3) is 0 Å². The molecule has 1 aromatic rings. The van der Waals surface area contributed by atoms with Gasteiger partial charge >= 0.3 is 0 Å². The fourth-order valence-electron chi connectivity index (χ4n) is 6.84. The van der Waals surface area contributed by atoms with Gasteiger partial charge in [0.2, 0.25) is 0 Å². The average Bonchev–Trinajstić information content (AvgIpc) is 3.09. The van der Waals surface area contributed by atoms with Crippen molar-refractivity contribution in [3.8, 4) is 0 Å². The lowest BCUT2D eigenvalue weighted by Crippen LogP contribution is -2.38. The molecule has 1 heterocycles. The smallest absolute Gasteiger partial charge is 0.0385 e. The maximum absolute atomic E-state index is 4.30. The maximum atomic E-state index is 4.30. The van der Waals surface area contributed by atoms with E-state index in [9.17, 15) is 0 Å². The van der Waals surface area contributed by atoms with Gasteiger partial charge in [-0.15, -0.1) is 0 Å². The summed E-state index contributed by atoms with van der Waals surface area (Å²) in [6.07, 6.45) is 9.58. The fourth-order valence-corrected chi connectivity index (χ4v) is 6.84. The van der Waals surface area contributed by atoms with Crippen LogP contribution in [-0.4, -0.2) is 24.0 Å². The fraction of sp³-hybridized carbons (Fsp3) is 0.630. The number of nitrogens with zero attached hydrogens (tertiary/aromatic N) is 1. The highest BCUT2D eigenvalue weighted by molar-refractivity contribution is 5.50. The zero-order valence-electron chi connectivity index (χ0n) is 18.8. The SMILES string of the molecule is C=C(CN1CCCC1C(=C)C)Nc1ccc(C2(C)CC3CC(C)CC(C3)C2)cc1. The summed E-state index contributed by atoms with van der Waals surface area (Å²) in [5, 5.41) is 3.55. The number of hydrogen-bond acceptors (Lipinski definition) is 2. The van der Waals surface area contributed by atoms with Crippen molar-refractivity contribution in [1.29, 1.82) is 0 Å². The molecule has 1 aromatic carbocycles. The lowest BCUT2D eigenvalue weighted by molar-refractivity contribution is 0.0899. The first-order valence-corrected chi connectivity index (χ1v) is 11.8. The van der Waals surface area contributed by atoms with Gasteiger partial charge in [-0.3, -0.25) is 4.90 Å². The highest BCUT2D eigenvalue weighted by Crippen LogP contribution is 2.51. The molecular weight excluding hydrogens is 352 g/mol. The minimum absolute atomic E-state index is 0.355. The van der Waals surface area contributed by atoms with Crippen LogP contribution in [0.1, 0.15) is 71.3 Å². The molecule has 3 unspecified atom stereocenters. The minimum Gasteiger partial charge on any atom is -0.358 e. The molecule has 158 valence electrons. The second-order valence-electron chi connectivity index (χ2n) is 10.8. The number of rotatable bonds is 6. The molecule has 0 aromatic heterocycles. The number of nitrogens with one attached hydrogen (secondary N) is 1. The summed E-state index contributed by atoms with van der Waals surface area (Å²) in [6, 6.07) is 9.78. The topological polar surface area (TPSA) is 15.3 Å². The molecule has 2 saturated carbocycles. The van der Waals surface area contributed by atoms with Crippen LogP contribution in [0, 0.1) is 17.8 Å². The molecule has 1 aliphatic heterocycles. The molecule has 0 spiro atoms. The number of anilines is 1. The molecule has 2 nitrogen and oxygen atoms in total. The van der Waals surface area contributed by atoms with E-state index in [1.807, 2.05) is 0 Å². The predicted octanol–water partition coefficient (Wildman–Crippen LogP) is 6.76. The Bertz CT molecular complexity index is 728. The quantitative estimate of drug-likeness (QED) is 0.538. The summed E-state index contributed by atoms with van der Waals surface area (Å²) in [7, 11) is 0. The van der Waals surface area contributed by atoms with Gasteiger partial charge in [0.15, 0.2) is 0 Å². The van der Waals surface area contributed by atoms with Gasteiger partial charge in [-0.25, -0.2) is 0 Å². The highest BCUT2D eigenvalue weighted by atomic mass is 15.2. The van der Waals surface area contributed by atoms with Crippen LogP contribution in [0.5, 0.6) is 0 Å². The molecule has 2 heteroatoms. The van der Waals surface area contributed by atoms with Gasteiger partial charge < -0.3 is 5.32 Å². The van der Waals surface area contributed by atoms with Gasteiger partial charge in [0.05, 0.1) is 0 Å². The molecule has 4 rings (SSSR count). The highest BCUT2D eigenvalue weighted by Gasteiger charge is 2.41. The third-order valence-electron chi connectivity index (χ3n) is 7.85. The third-order valence-corrected chi connectivity index (χ3v) is 7.85. The Morgan fingerprint density at radius 1 is 1.10 bits per heavy atom. The molecule has 29 heavy (non-hydrogen) atoms. The van der Waals surface area contributed by atoms with Gasteiger partial charge in [-0.1, -0.05) is 44.7 Å². The zero-order valence-corrected chi connectivity index (χ0v) is 18.8. The Kier molecular flexibility index (Phi) is 5.93. The summed E-state index contributed by atoms with van der Waals surface area (Å²) >= 11 is 0. The Morgan fingerprint density at radius 2 is 1.76 bits per heavy atom. The first kappa shape index (κ1) is 20.7. The van der Waals surface area contributed by atoms with E-state index in [0.29, 0.717) is 11.5 Å². The van der Waals surface area contributed by atoms with Gasteiger partial charge in [-0.05, 0) is 99.3 Å². The monoisotopic (exact) mass is 392 g/mol. The minimum atomic E-state index is 0.355. The van der Waals surface area contributed by atoms with E-state index in [-0.39, 0.29) is 0 Å². The van der Waals surface area contributed by atoms with Gasteiger partial charge in [0.1, 0.15) is 0 Å². The second-order valence-corrected chi connectivity index (χ2v) is 10.8. The molecule has 3 atom stereocenters. The molecular formula is C27H40N2. The van der Waals surface area contributed by atoms with Gasteiger partial charge in [0.25, 0.3) is 0 Å².